The number of rotatable bonds is 6. The average Bonchev–Trinajstić information content (AvgIpc) is 2.77. The fourth-order valence-corrected chi connectivity index (χ4v) is 3.95. The first kappa shape index (κ1) is 26.7. The molecule has 6 N–H and O–H groups in total. The van der Waals surface area contributed by atoms with E-state index in [-0.39, 0.29) is 22.0 Å². The summed E-state index contributed by atoms with van der Waals surface area (Å²) in [6.45, 7) is 0. The number of amides is 3. The predicted molar refractivity (Wildman–Crippen MR) is 118 cm³/mol. The molecule has 1 aliphatic rings. The Labute approximate surface area is 204 Å². The minimum absolute atomic E-state index is 0.0953. The summed E-state index contributed by atoms with van der Waals surface area (Å²) >= 11 is 6.71. The summed E-state index contributed by atoms with van der Waals surface area (Å²) in [7, 11) is 0. The summed E-state index contributed by atoms with van der Waals surface area (Å²) in [5, 5.41) is 9.68. The summed E-state index contributed by atoms with van der Waals surface area (Å²) in [5.74, 6) is -4.97. The van der Waals surface area contributed by atoms with Crippen molar-refractivity contribution in [3.8, 4) is 0 Å². The van der Waals surface area contributed by atoms with Gasteiger partial charge >= 0.3 is 6.18 Å². The van der Waals surface area contributed by atoms with Gasteiger partial charge in [0.05, 0.1) is 28.2 Å². The number of carbonyl (C=O) groups is 3. The summed E-state index contributed by atoms with van der Waals surface area (Å²) in [6.07, 6.45) is -5.74. The standard InChI is InChI=1S/C20H17ClF5N5O3S/c21-10-3-2-9(20(24,25)26)6-13(10)28-14(32)7-35-19-30-16(27)15(18(34)31-19)29-17(33)8-1-4-11(22)12(23)5-8/h1-6,15-16,19,30H,7,27H2,(H,28,32)(H,29,33)(H,31,34). The van der Waals surface area contributed by atoms with Gasteiger partial charge in [0.1, 0.15) is 11.5 Å². The van der Waals surface area contributed by atoms with Gasteiger partial charge in [-0.3, -0.25) is 19.7 Å². The SMILES string of the molecule is NC1NC(SCC(=O)Nc2cc(C(F)(F)F)ccc2Cl)NC(=O)C1NC(=O)c1ccc(F)c(F)c1. The first-order chi connectivity index (χ1) is 16.3. The van der Waals surface area contributed by atoms with Crippen LogP contribution in [-0.4, -0.2) is 41.2 Å². The van der Waals surface area contributed by atoms with Gasteiger partial charge in [0, 0.05) is 5.56 Å². The van der Waals surface area contributed by atoms with Gasteiger partial charge < -0.3 is 21.7 Å². The van der Waals surface area contributed by atoms with Gasteiger partial charge in [-0.25, -0.2) is 8.78 Å². The number of benzene rings is 2. The molecule has 1 fully saturated rings. The second kappa shape index (κ2) is 10.8. The molecule has 1 heterocycles. The van der Waals surface area contributed by atoms with Crippen molar-refractivity contribution >= 4 is 46.8 Å². The van der Waals surface area contributed by atoms with Crippen LogP contribution in [0, 0.1) is 11.6 Å². The van der Waals surface area contributed by atoms with Crippen LogP contribution in [0.5, 0.6) is 0 Å². The number of alkyl halides is 3. The molecule has 1 aliphatic heterocycles. The van der Waals surface area contributed by atoms with Crippen LogP contribution >= 0.6 is 23.4 Å². The fourth-order valence-electron chi connectivity index (χ4n) is 2.94. The van der Waals surface area contributed by atoms with Crippen LogP contribution in [0.25, 0.3) is 0 Å². The maximum Gasteiger partial charge on any atom is 0.416 e. The van der Waals surface area contributed by atoms with Gasteiger partial charge in [0.2, 0.25) is 11.8 Å². The van der Waals surface area contributed by atoms with Crippen molar-refractivity contribution in [3.63, 3.8) is 0 Å². The lowest BCUT2D eigenvalue weighted by Crippen LogP contribution is -2.70. The van der Waals surface area contributed by atoms with Gasteiger partial charge in [-0.2, -0.15) is 13.2 Å². The number of carbonyl (C=O) groups excluding carboxylic acids is 3. The van der Waals surface area contributed by atoms with Crippen molar-refractivity contribution < 1.29 is 36.3 Å². The van der Waals surface area contributed by atoms with Gasteiger partial charge in [-0.15, -0.1) is 11.8 Å². The van der Waals surface area contributed by atoms with E-state index >= 15 is 0 Å². The van der Waals surface area contributed by atoms with Crippen molar-refractivity contribution in [3.05, 3.63) is 64.2 Å². The molecule has 1 saturated heterocycles. The zero-order chi connectivity index (χ0) is 25.9. The molecule has 0 spiro atoms. The lowest BCUT2D eigenvalue weighted by molar-refractivity contribution is -0.137. The van der Waals surface area contributed by atoms with E-state index in [0.29, 0.717) is 12.1 Å². The van der Waals surface area contributed by atoms with Gasteiger partial charge in [-0.05, 0) is 36.4 Å². The first-order valence-corrected chi connectivity index (χ1v) is 11.1. The van der Waals surface area contributed by atoms with Crippen LogP contribution in [0.3, 0.4) is 0 Å². The van der Waals surface area contributed by atoms with E-state index in [0.717, 1.165) is 36.0 Å². The molecular weight excluding hydrogens is 521 g/mol. The van der Waals surface area contributed by atoms with Gasteiger partial charge in [-0.1, -0.05) is 11.6 Å². The number of hydrogen-bond acceptors (Lipinski definition) is 6. The number of halogens is 6. The van der Waals surface area contributed by atoms with E-state index in [4.69, 9.17) is 17.3 Å². The zero-order valence-electron chi connectivity index (χ0n) is 17.4. The van der Waals surface area contributed by atoms with E-state index < -0.39 is 58.8 Å². The lowest BCUT2D eigenvalue weighted by Gasteiger charge is -2.35. The Balaban J connectivity index is 1.54. The van der Waals surface area contributed by atoms with Crippen LogP contribution in [0.4, 0.5) is 27.6 Å². The third kappa shape index (κ3) is 6.81. The average molecular weight is 538 g/mol. The van der Waals surface area contributed by atoms with E-state index in [1.807, 2.05) is 0 Å². The molecule has 15 heteroatoms. The number of hydrogen-bond donors (Lipinski definition) is 5. The number of nitrogens with one attached hydrogen (secondary N) is 4. The molecule has 3 rings (SSSR count). The molecule has 0 saturated carbocycles. The van der Waals surface area contributed by atoms with Gasteiger partial charge in [0.15, 0.2) is 11.6 Å². The molecule has 3 unspecified atom stereocenters. The minimum atomic E-state index is -4.62. The fraction of sp³-hybridized carbons (Fsp3) is 0.250. The Bertz CT molecular complexity index is 1150. The highest BCUT2D eigenvalue weighted by Gasteiger charge is 2.36. The minimum Gasteiger partial charge on any atom is -0.338 e. The molecule has 0 aliphatic carbocycles. The quantitative estimate of drug-likeness (QED) is 0.360. The van der Waals surface area contributed by atoms with Crippen molar-refractivity contribution in [1.29, 1.82) is 0 Å². The third-order valence-corrected chi connectivity index (χ3v) is 6.02. The van der Waals surface area contributed by atoms with Crippen molar-refractivity contribution in [2.24, 2.45) is 5.73 Å². The Morgan fingerprint density at radius 3 is 2.46 bits per heavy atom. The van der Waals surface area contributed by atoms with Gasteiger partial charge in [0.25, 0.3) is 5.91 Å². The molecule has 3 amide bonds. The second-order valence-electron chi connectivity index (χ2n) is 7.21. The number of thioether (sulfide) groups is 1. The Hall–Kier alpha value is -2.94. The van der Waals surface area contributed by atoms with E-state index in [1.165, 1.54) is 0 Å². The molecule has 2 aromatic carbocycles. The highest BCUT2D eigenvalue weighted by atomic mass is 35.5. The van der Waals surface area contributed by atoms with Crippen molar-refractivity contribution in [1.82, 2.24) is 16.0 Å². The van der Waals surface area contributed by atoms with Crippen LogP contribution in [0.2, 0.25) is 5.02 Å². The molecule has 2 aromatic rings. The topological polar surface area (TPSA) is 125 Å². The van der Waals surface area contributed by atoms with Crippen LogP contribution in [0.15, 0.2) is 36.4 Å². The largest absolute Gasteiger partial charge is 0.416 e. The highest BCUT2D eigenvalue weighted by molar-refractivity contribution is 8.00. The molecule has 0 radical (unpaired) electrons. The van der Waals surface area contributed by atoms with Crippen molar-refractivity contribution in [2.45, 2.75) is 23.9 Å². The Kier molecular flexibility index (Phi) is 8.20. The van der Waals surface area contributed by atoms with Crippen LogP contribution < -0.4 is 27.0 Å². The molecule has 3 atom stereocenters. The van der Waals surface area contributed by atoms with E-state index in [2.05, 4.69) is 21.3 Å². The maximum atomic E-state index is 13.3. The number of anilines is 1. The van der Waals surface area contributed by atoms with E-state index in [1.54, 1.807) is 0 Å². The molecular formula is C20H17ClF5N5O3S. The molecule has 8 nitrogen and oxygen atoms in total. The Morgan fingerprint density at radius 2 is 1.83 bits per heavy atom. The monoisotopic (exact) mass is 537 g/mol. The molecule has 0 aromatic heterocycles. The van der Waals surface area contributed by atoms with Crippen LogP contribution in [-0.2, 0) is 15.8 Å². The smallest absolute Gasteiger partial charge is 0.338 e. The Morgan fingerprint density at radius 1 is 1.11 bits per heavy atom. The van der Waals surface area contributed by atoms with Crippen molar-refractivity contribution in [2.75, 3.05) is 11.1 Å². The molecule has 0 bridgehead atoms. The summed E-state index contributed by atoms with van der Waals surface area (Å²) < 4.78 is 65.0. The second-order valence-corrected chi connectivity index (χ2v) is 8.71. The van der Waals surface area contributed by atoms with Crippen LogP contribution in [0.1, 0.15) is 15.9 Å². The molecule has 188 valence electrons. The summed E-state index contributed by atoms with van der Waals surface area (Å²) in [5.41, 5.74) is 3.56. The molecule has 35 heavy (non-hydrogen) atoms. The first-order valence-electron chi connectivity index (χ1n) is 9.71. The third-order valence-electron chi connectivity index (χ3n) is 4.68. The zero-order valence-corrected chi connectivity index (χ0v) is 19.0. The maximum absolute atomic E-state index is 13.3. The summed E-state index contributed by atoms with van der Waals surface area (Å²) in [4.78, 5) is 36.8. The number of nitrogens with two attached hydrogens (primary N) is 1. The normalized spacial score (nSPS) is 20.2. The highest BCUT2D eigenvalue weighted by Crippen LogP contribution is 2.33. The predicted octanol–water partition coefficient (Wildman–Crippen LogP) is 2.40. The van der Waals surface area contributed by atoms with E-state index in [9.17, 15) is 36.3 Å². The lowest BCUT2D eigenvalue weighted by atomic mass is 10.1. The summed E-state index contributed by atoms with van der Waals surface area (Å²) in [6, 6.07) is 3.65.